The Bertz CT molecular complexity index is 1730. The minimum absolute atomic E-state index is 0.0686. The van der Waals surface area contributed by atoms with Gasteiger partial charge in [-0.3, -0.25) is 18.8 Å². The van der Waals surface area contributed by atoms with E-state index in [4.69, 9.17) is 11.6 Å². The molecule has 10 nitrogen and oxygen atoms in total. The van der Waals surface area contributed by atoms with Crippen molar-refractivity contribution in [3.05, 3.63) is 63.2 Å². The van der Waals surface area contributed by atoms with Crippen molar-refractivity contribution in [2.24, 2.45) is 0 Å². The molecule has 4 aromatic rings. The molecule has 1 amide bonds. The number of hydrogen-bond donors (Lipinski definition) is 2. The molecule has 15 heteroatoms. The van der Waals surface area contributed by atoms with Crippen molar-refractivity contribution >= 4 is 40.1 Å². The minimum atomic E-state index is -2.92. The van der Waals surface area contributed by atoms with Gasteiger partial charge in [0.2, 0.25) is 11.9 Å². The molecule has 3 aromatic heterocycles. The molecule has 2 N–H and O–H groups in total. The number of nitrogens with zero attached hydrogens (tertiary/aromatic N) is 6. The summed E-state index contributed by atoms with van der Waals surface area (Å²) in [7, 11) is 1.92. The fraction of sp³-hybridized carbons (Fsp3) is 0.464. The Balaban J connectivity index is 1.15. The van der Waals surface area contributed by atoms with Crippen molar-refractivity contribution in [3.8, 4) is 10.4 Å². The zero-order valence-electron chi connectivity index (χ0n) is 23.1. The van der Waals surface area contributed by atoms with Crippen LogP contribution in [0.4, 0.5) is 13.2 Å². The van der Waals surface area contributed by atoms with E-state index in [1.54, 1.807) is 0 Å². The van der Waals surface area contributed by atoms with Crippen molar-refractivity contribution in [2.45, 2.75) is 62.8 Å². The van der Waals surface area contributed by atoms with Gasteiger partial charge in [0.25, 0.3) is 12.0 Å². The molecule has 0 bridgehead atoms. The monoisotopic (exact) mass is 635 g/mol. The Morgan fingerprint density at radius 2 is 2.02 bits per heavy atom. The van der Waals surface area contributed by atoms with E-state index in [-0.39, 0.29) is 44.0 Å². The third kappa shape index (κ3) is 5.56. The van der Waals surface area contributed by atoms with Gasteiger partial charge in [-0.15, -0.1) is 5.10 Å². The Hall–Kier alpha value is -3.33. The molecule has 1 aliphatic carbocycles. The highest BCUT2D eigenvalue weighted by atomic mass is 35.5. The van der Waals surface area contributed by atoms with Gasteiger partial charge in [-0.2, -0.15) is 8.76 Å². The summed E-state index contributed by atoms with van der Waals surface area (Å²) >= 11 is 7.97. The standard InChI is InChI=1S/C28H29ClF3N7O3S/c1-33-18-5-4-16-15(18)2-3-17(22(16)29)25-23-24(36-43-25)27(41)38(14-34-23)13-28(42)7-10-37(11-8-28)21(40)12-19(26(31)32)39-9-6-20(30)35-39/h2-3,6,9,14,18-19,26,33,42H,4-5,7-8,10-13H2,1H3. The van der Waals surface area contributed by atoms with Crippen LogP contribution in [0, 0.1) is 5.95 Å². The number of aliphatic hydroxyl groups is 1. The number of halogens is 4. The normalized spacial score (nSPS) is 18.9. The maximum absolute atomic E-state index is 13.6. The van der Waals surface area contributed by atoms with E-state index in [0.717, 1.165) is 52.4 Å². The number of piperidine rings is 1. The summed E-state index contributed by atoms with van der Waals surface area (Å²) in [6.07, 6.45) is 1.03. The molecule has 0 radical (unpaired) electrons. The lowest BCUT2D eigenvalue weighted by molar-refractivity contribution is -0.138. The van der Waals surface area contributed by atoms with Crippen LogP contribution in [0.25, 0.3) is 21.5 Å². The smallest absolute Gasteiger partial charge is 0.281 e. The van der Waals surface area contributed by atoms with E-state index in [0.29, 0.717) is 15.4 Å². The molecular weight excluding hydrogens is 607 g/mol. The lowest BCUT2D eigenvalue weighted by Crippen LogP contribution is -2.50. The molecular formula is C28H29ClF3N7O3S. The van der Waals surface area contributed by atoms with Crippen LogP contribution in [0.3, 0.4) is 0 Å². The Labute approximate surface area is 253 Å². The predicted molar refractivity (Wildman–Crippen MR) is 155 cm³/mol. The van der Waals surface area contributed by atoms with Crippen LogP contribution in [-0.4, -0.2) is 71.8 Å². The van der Waals surface area contributed by atoms with Gasteiger partial charge in [-0.25, -0.2) is 13.8 Å². The highest BCUT2D eigenvalue weighted by Crippen LogP contribution is 2.43. The number of hydrogen-bond acceptors (Lipinski definition) is 8. The van der Waals surface area contributed by atoms with E-state index < -0.39 is 41.9 Å². The van der Waals surface area contributed by atoms with Crippen LogP contribution in [0.15, 0.2) is 35.5 Å². The molecule has 4 heterocycles. The van der Waals surface area contributed by atoms with Gasteiger partial charge in [0, 0.05) is 37.0 Å². The fourth-order valence-electron chi connectivity index (χ4n) is 6.04. The fourth-order valence-corrected chi connectivity index (χ4v) is 7.31. The van der Waals surface area contributed by atoms with Gasteiger partial charge < -0.3 is 15.3 Å². The number of nitrogens with one attached hydrogen (secondary N) is 1. The number of likely N-dealkylation sites (tertiary alicyclic amines) is 1. The molecule has 43 heavy (non-hydrogen) atoms. The zero-order chi connectivity index (χ0) is 30.5. The van der Waals surface area contributed by atoms with E-state index in [1.165, 1.54) is 21.4 Å². The summed E-state index contributed by atoms with van der Waals surface area (Å²) in [6, 6.07) is 3.58. The number of aromatic nitrogens is 5. The second-order valence-electron chi connectivity index (χ2n) is 11.1. The quantitative estimate of drug-likeness (QED) is 0.301. The number of benzene rings is 1. The van der Waals surface area contributed by atoms with E-state index in [1.807, 2.05) is 13.1 Å². The molecule has 1 saturated heterocycles. The Morgan fingerprint density at radius 1 is 1.26 bits per heavy atom. The van der Waals surface area contributed by atoms with Crippen molar-refractivity contribution < 1.29 is 23.1 Å². The Morgan fingerprint density at radius 3 is 2.70 bits per heavy atom. The van der Waals surface area contributed by atoms with Crippen LogP contribution in [0.1, 0.15) is 48.9 Å². The number of amides is 1. The summed E-state index contributed by atoms with van der Waals surface area (Å²) in [6.45, 7) is 0.144. The molecule has 1 fully saturated rings. The maximum Gasteiger partial charge on any atom is 0.281 e. The van der Waals surface area contributed by atoms with Crippen LogP contribution in [-0.2, 0) is 17.8 Å². The number of alkyl halides is 2. The molecule has 1 aliphatic heterocycles. The first-order valence-corrected chi connectivity index (χ1v) is 15.1. The van der Waals surface area contributed by atoms with Crippen LogP contribution < -0.4 is 10.9 Å². The summed E-state index contributed by atoms with van der Waals surface area (Å²) in [5.41, 5.74) is 1.92. The molecule has 2 unspecified atom stereocenters. The zero-order valence-corrected chi connectivity index (χ0v) is 24.7. The van der Waals surface area contributed by atoms with Crippen LogP contribution >= 0.6 is 23.1 Å². The maximum atomic E-state index is 13.6. The van der Waals surface area contributed by atoms with E-state index >= 15 is 0 Å². The van der Waals surface area contributed by atoms with Crippen molar-refractivity contribution in [2.75, 3.05) is 20.1 Å². The molecule has 0 saturated carbocycles. The van der Waals surface area contributed by atoms with Crippen molar-refractivity contribution in [1.29, 1.82) is 0 Å². The average molecular weight is 636 g/mol. The lowest BCUT2D eigenvalue weighted by Gasteiger charge is -2.38. The second kappa shape index (κ2) is 11.6. The van der Waals surface area contributed by atoms with Crippen molar-refractivity contribution in [3.63, 3.8) is 0 Å². The summed E-state index contributed by atoms with van der Waals surface area (Å²) in [5, 5.41) is 18.6. The van der Waals surface area contributed by atoms with Crippen LogP contribution in [0.5, 0.6) is 0 Å². The molecule has 2 aliphatic rings. The first kappa shape index (κ1) is 29.7. The third-order valence-corrected chi connectivity index (χ3v) is 9.79. The summed E-state index contributed by atoms with van der Waals surface area (Å²) in [4.78, 5) is 32.8. The van der Waals surface area contributed by atoms with Crippen LogP contribution in [0.2, 0.25) is 5.02 Å². The van der Waals surface area contributed by atoms with Crippen molar-refractivity contribution in [1.82, 2.24) is 33.9 Å². The first-order valence-electron chi connectivity index (χ1n) is 13.9. The molecule has 6 rings (SSSR count). The SMILES string of the molecule is CNC1CCc2c1ccc(-c1snc3c(=O)n(CC4(O)CCN(C(=O)CC(C(F)F)n5ccc(F)n5)CC4)cnc13)c2Cl. The molecule has 0 spiro atoms. The molecule has 228 valence electrons. The minimum Gasteiger partial charge on any atom is -0.388 e. The van der Waals surface area contributed by atoms with Gasteiger partial charge in [0.1, 0.15) is 11.6 Å². The van der Waals surface area contributed by atoms with Gasteiger partial charge >= 0.3 is 0 Å². The lowest BCUT2D eigenvalue weighted by atomic mass is 9.91. The van der Waals surface area contributed by atoms with E-state index in [2.05, 4.69) is 25.8 Å². The topological polar surface area (TPSA) is 118 Å². The number of carbonyl (C=O) groups excluding carboxylic acids is 1. The second-order valence-corrected chi connectivity index (χ2v) is 12.2. The van der Waals surface area contributed by atoms with E-state index in [9.17, 15) is 27.9 Å². The summed E-state index contributed by atoms with van der Waals surface area (Å²) < 4.78 is 46.9. The number of carbonyl (C=O) groups is 1. The highest BCUT2D eigenvalue weighted by molar-refractivity contribution is 7.11. The predicted octanol–water partition coefficient (Wildman–Crippen LogP) is 3.97. The largest absolute Gasteiger partial charge is 0.388 e. The number of rotatable bonds is 8. The Kier molecular flexibility index (Phi) is 8.05. The van der Waals surface area contributed by atoms with Gasteiger partial charge in [-0.05, 0) is 55.4 Å². The number of fused-ring (bicyclic) bond motifs is 2. The van der Waals surface area contributed by atoms with Gasteiger partial charge in [0.05, 0.1) is 34.8 Å². The first-order chi connectivity index (χ1) is 20.6. The van der Waals surface area contributed by atoms with Gasteiger partial charge in [0.15, 0.2) is 5.52 Å². The van der Waals surface area contributed by atoms with Gasteiger partial charge in [-0.1, -0.05) is 23.7 Å². The third-order valence-electron chi connectivity index (χ3n) is 8.49. The summed E-state index contributed by atoms with van der Waals surface area (Å²) in [5.74, 6) is -1.46. The molecule has 1 aromatic carbocycles. The highest BCUT2D eigenvalue weighted by Gasteiger charge is 2.37. The molecule has 2 atom stereocenters. The average Bonchev–Trinajstić information content (AvgIpc) is 3.72.